The Kier molecular flexibility index (Phi) is 3.41. The van der Waals surface area contributed by atoms with Gasteiger partial charge in [0, 0.05) is 42.4 Å². The van der Waals surface area contributed by atoms with E-state index in [1.54, 1.807) is 37.5 Å². The first-order valence-corrected chi connectivity index (χ1v) is 6.97. The van der Waals surface area contributed by atoms with Crippen molar-refractivity contribution in [1.82, 2.24) is 9.96 Å². The van der Waals surface area contributed by atoms with Gasteiger partial charge in [-0.05, 0) is 12.1 Å². The van der Waals surface area contributed by atoms with Gasteiger partial charge in [0.15, 0.2) is 0 Å². The van der Waals surface area contributed by atoms with Gasteiger partial charge in [0.05, 0.1) is 11.3 Å². The number of hydrogen-bond donors (Lipinski definition) is 2. The second-order valence-electron chi connectivity index (χ2n) is 5.07. The third-order valence-corrected chi connectivity index (χ3v) is 3.94. The van der Waals surface area contributed by atoms with Crippen LogP contribution in [0.3, 0.4) is 0 Å². The molecule has 1 atom stereocenters. The lowest BCUT2D eigenvalue weighted by atomic mass is 10.0. The normalized spacial score (nSPS) is 24.7. The summed E-state index contributed by atoms with van der Waals surface area (Å²) in [6, 6.07) is 6.86. The number of anilines is 1. The predicted molar refractivity (Wildman–Crippen MR) is 84.7 cm³/mol. The fourth-order valence-electron chi connectivity index (χ4n) is 2.43. The fourth-order valence-corrected chi connectivity index (χ4v) is 2.73. The minimum Gasteiger partial charge on any atom is -0.620 e. The van der Waals surface area contributed by atoms with Gasteiger partial charge in [0.2, 0.25) is 6.73 Å². The maximum Gasteiger partial charge on any atom is 0.232 e. The summed E-state index contributed by atoms with van der Waals surface area (Å²) in [5, 5.41) is 16.6. The van der Waals surface area contributed by atoms with Crippen molar-refractivity contribution in [3.8, 4) is 0 Å². The molecule has 0 spiro atoms. The average molecular weight is 306 g/mol. The molecule has 0 amide bonds. The number of hydrogen-bond acceptors (Lipinski definition) is 4. The van der Waals surface area contributed by atoms with Crippen LogP contribution in [0.4, 0.5) is 11.4 Å². The highest BCUT2D eigenvalue weighted by molar-refractivity contribution is 6.30. The number of rotatable bonds is 2. The van der Waals surface area contributed by atoms with Gasteiger partial charge in [0.25, 0.3) is 0 Å². The number of nitrogen functional groups attached to an aromatic ring is 1. The molecule has 1 aromatic carbocycles. The Bertz CT molecular complexity index is 664. The molecule has 3 rings (SSSR count). The van der Waals surface area contributed by atoms with Crippen molar-refractivity contribution < 1.29 is 4.74 Å². The summed E-state index contributed by atoms with van der Waals surface area (Å²) in [4.78, 5) is 0. The predicted octanol–water partition coefficient (Wildman–Crippen LogP) is 2.90. The highest BCUT2D eigenvalue weighted by atomic mass is 35.5. The van der Waals surface area contributed by atoms with E-state index in [4.69, 9.17) is 22.1 Å². The molecule has 0 saturated carbocycles. The largest absolute Gasteiger partial charge is 0.620 e. The van der Waals surface area contributed by atoms with Crippen molar-refractivity contribution in [2.75, 3.05) is 19.5 Å². The minimum atomic E-state index is -0.675. The zero-order valence-corrected chi connectivity index (χ0v) is 12.4. The Morgan fingerprint density at radius 2 is 2.05 bits per heavy atom. The van der Waals surface area contributed by atoms with Gasteiger partial charge in [-0.3, -0.25) is 4.65 Å². The van der Waals surface area contributed by atoms with Gasteiger partial charge in [-0.25, -0.2) is 0 Å². The lowest BCUT2D eigenvalue weighted by Crippen LogP contribution is -2.42. The van der Waals surface area contributed by atoms with Crippen LogP contribution >= 0.6 is 11.6 Å². The van der Waals surface area contributed by atoms with Gasteiger partial charge < -0.3 is 21.0 Å². The van der Waals surface area contributed by atoms with Crippen LogP contribution in [0.5, 0.6) is 0 Å². The Hall–Kier alpha value is -1.95. The Morgan fingerprint density at radius 3 is 2.71 bits per heavy atom. The third-order valence-electron chi connectivity index (χ3n) is 3.61. The number of benzene rings is 1. The first kappa shape index (κ1) is 14.0. The zero-order valence-electron chi connectivity index (χ0n) is 11.6. The lowest BCUT2D eigenvalue weighted by Gasteiger charge is -2.42. The number of nitrogens with one attached hydrogen (secondary N) is 1. The molecule has 1 unspecified atom stereocenters. The third kappa shape index (κ3) is 2.51. The molecule has 1 aliphatic heterocycles. The molecular formula is C15H16ClN3O2. The molecule has 0 bridgehead atoms. The average Bonchev–Trinajstić information content (AvgIpc) is 2.47. The molecule has 5 nitrogen and oxygen atoms in total. The van der Waals surface area contributed by atoms with Crippen LogP contribution in [0.15, 0.2) is 58.6 Å². The molecule has 6 heteroatoms. The number of ether oxygens (including phenoxy) is 1. The summed E-state index contributed by atoms with van der Waals surface area (Å²) >= 11 is 6.21. The van der Waals surface area contributed by atoms with E-state index >= 15 is 0 Å². The number of likely N-dealkylation sites (N-methyl/N-ethyl adjacent to an activating group) is 1. The van der Waals surface area contributed by atoms with Crippen molar-refractivity contribution in [1.29, 1.82) is 0 Å². The number of nitrogens with zero attached hydrogens (tertiary/aromatic N) is 1. The zero-order chi connectivity index (χ0) is 15.0. The van der Waals surface area contributed by atoms with Crippen LogP contribution < -0.4 is 15.7 Å². The van der Waals surface area contributed by atoms with Crippen LogP contribution in [0.25, 0.3) is 0 Å². The molecule has 0 radical (unpaired) electrons. The van der Waals surface area contributed by atoms with Crippen LogP contribution in [-0.2, 0) is 4.74 Å². The molecular weight excluding hydrogens is 290 g/mol. The first-order valence-electron chi connectivity index (χ1n) is 6.60. The van der Waals surface area contributed by atoms with Crippen molar-refractivity contribution in [2.45, 2.75) is 6.42 Å². The topological polar surface area (TPSA) is 70.3 Å². The molecule has 110 valence electrons. The summed E-state index contributed by atoms with van der Waals surface area (Å²) in [6.07, 6.45) is 3.96. The van der Waals surface area contributed by atoms with E-state index in [0.717, 1.165) is 11.3 Å². The quantitative estimate of drug-likeness (QED) is 0.501. The smallest absolute Gasteiger partial charge is 0.232 e. The highest BCUT2D eigenvalue weighted by Crippen LogP contribution is 2.37. The Morgan fingerprint density at radius 1 is 1.33 bits per heavy atom. The summed E-state index contributed by atoms with van der Waals surface area (Å²) < 4.78 is 4.98. The standard InChI is InChI=1S/C15H16ClN3O2/c1-18-14-7-15-10(6-13(14)16)8-19(20,9-21-15)12-4-2-11(17)3-5-12/h2-5,7-8,18H,6,9,17H2,1H3. The van der Waals surface area contributed by atoms with Gasteiger partial charge in [-0.1, -0.05) is 11.6 Å². The van der Waals surface area contributed by atoms with Gasteiger partial charge in [0.1, 0.15) is 17.6 Å². The van der Waals surface area contributed by atoms with E-state index in [9.17, 15) is 5.21 Å². The van der Waals surface area contributed by atoms with Crippen molar-refractivity contribution in [3.05, 3.63) is 63.8 Å². The van der Waals surface area contributed by atoms with Crippen LogP contribution in [0.2, 0.25) is 0 Å². The molecule has 21 heavy (non-hydrogen) atoms. The van der Waals surface area contributed by atoms with E-state index in [1.165, 1.54) is 0 Å². The molecule has 2 aliphatic rings. The number of allylic oxidation sites excluding steroid dienone is 3. The summed E-state index contributed by atoms with van der Waals surface area (Å²) in [5.74, 6) is 0.698. The maximum absolute atomic E-state index is 12.9. The number of halogens is 1. The molecule has 0 saturated heterocycles. The maximum atomic E-state index is 12.9. The Balaban J connectivity index is 1.97. The van der Waals surface area contributed by atoms with E-state index in [1.807, 2.05) is 6.08 Å². The fraction of sp³-hybridized carbons (Fsp3) is 0.200. The second kappa shape index (κ2) is 5.11. The van der Waals surface area contributed by atoms with E-state index < -0.39 is 4.65 Å². The number of nitrogens with two attached hydrogens (primary N) is 1. The summed E-state index contributed by atoms with van der Waals surface area (Å²) in [6.45, 7) is -0.00609. The molecule has 1 heterocycles. The van der Waals surface area contributed by atoms with Crippen LogP contribution in [-0.4, -0.2) is 13.8 Å². The van der Waals surface area contributed by atoms with Crippen molar-refractivity contribution in [2.24, 2.45) is 0 Å². The molecule has 0 aromatic heterocycles. The summed E-state index contributed by atoms with van der Waals surface area (Å²) in [5.41, 5.74) is 8.49. The van der Waals surface area contributed by atoms with Crippen LogP contribution in [0, 0.1) is 5.21 Å². The first-order chi connectivity index (χ1) is 10.0. The van der Waals surface area contributed by atoms with E-state index in [0.29, 0.717) is 28.6 Å². The van der Waals surface area contributed by atoms with Gasteiger partial charge in [-0.15, -0.1) is 0 Å². The SMILES string of the molecule is CNC1=C(Cl)CC2=C[N+]([O-])(c3ccc(N)cc3)COC2=C1. The minimum absolute atomic E-state index is 0.00609. The summed E-state index contributed by atoms with van der Waals surface area (Å²) in [7, 11) is 1.80. The van der Waals surface area contributed by atoms with Crippen molar-refractivity contribution in [3.63, 3.8) is 0 Å². The number of fused-ring (bicyclic) bond motifs is 1. The van der Waals surface area contributed by atoms with Crippen LogP contribution in [0.1, 0.15) is 6.42 Å². The molecule has 3 N–H and O–H groups in total. The molecule has 1 aliphatic carbocycles. The van der Waals surface area contributed by atoms with Gasteiger partial charge >= 0.3 is 0 Å². The molecule has 1 aromatic rings. The lowest BCUT2D eigenvalue weighted by molar-refractivity contribution is 0.125. The second-order valence-corrected chi connectivity index (χ2v) is 5.53. The molecule has 0 fully saturated rings. The monoisotopic (exact) mass is 305 g/mol. The number of quaternary nitrogens is 1. The van der Waals surface area contributed by atoms with Gasteiger partial charge in [-0.2, -0.15) is 0 Å². The Labute approximate surface area is 128 Å². The highest BCUT2D eigenvalue weighted by Gasteiger charge is 2.30. The van der Waals surface area contributed by atoms with E-state index in [-0.39, 0.29) is 6.73 Å². The van der Waals surface area contributed by atoms with E-state index in [2.05, 4.69) is 5.32 Å². The van der Waals surface area contributed by atoms with Crippen molar-refractivity contribution >= 4 is 23.0 Å². The number of hydroxylamine groups is 2.